The third-order valence-electron chi connectivity index (χ3n) is 17.0. The first-order valence-electron chi connectivity index (χ1n) is 28.1. The first-order valence-corrected chi connectivity index (χ1v) is 28.1. The molecular formula is C62H80N8O6. The number of aryl methyl sites for hydroxylation is 4. The molecule has 76 heavy (non-hydrogen) atoms. The SMILES string of the molecule is CCc1ccc(CCc2ccc(C)cc2-c2ccc3nc(C4CC5CCCCC5N4C(=O)C(NC(=O)OC)C(C)C)[nH]c3c2)cc1-c1ccc2nc(C3CC4CCCCC4N3C(=O)C(NC=O)C(C)C)[nH]c2c1.COC. The maximum Gasteiger partial charge on any atom is 0.407 e. The third kappa shape index (κ3) is 11.2. The molecule has 4 heterocycles. The van der Waals surface area contributed by atoms with E-state index < -0.39 is 18.2 Å². The summed E-state index contributed by atoms with van der Waals surface area (Å²) < 4.78 is 9.18. The fourth-order valence-electron chi connectivity index (χ4n) is 13.2. The van der Waals surface area contributed by atoms with Crippen molar-refractivity contribution in [2.45, 2.75) is 161 Å². The summed E-state index contributed by atoms with van der Waals surface area (Å²) in [5.74, 6) is 2.22. The van der Waals surface area contributed by atoms with E-state index in [1.807, 2.05) is 32.6 Å². The van der Waals surface area contributed by atoms with Gasteiger partial charge in [-0.05, 0) is 152 Å². The molecule has 8 atom stereocenters. The van der Waals surface area contributed by atoms with Crippen molar-refractivity contribution >= 4 is 46.4 Å². The number of imidazole rings is 2. The van der Waals surface area contributed by atoms with Gasteiger partial charge in [-0.2, -0.15) is 0 Å². The highest BCUT2D eigenvalue weighted by molar-refractivity contribution is 5.88. The quantitative estimate of drug-likeness (QED) is 0.0735. The zero-order valence-corrected chi connectivity index (χ0v) is 46.2. The molecule has 404 valence electrons. The lowest BCUT2D eigenvalue weighted by Gasteiger charge is -2.36. The van der Waals surface area contributed by atoms with Gasteiger partial charge in [0.15, 0.2) is 0 Å². The molecule has 4 amide bonds. The zero-order valence-electron chi connectivity index (χ0n) is 46.2. The van der Waals surface area contributed by atoms with Crippen LogP contribution in [0.25, 0.3) is 44.3 Å². The minimum atomic E-state index is -0.696. The summed E-state index contributed by atoms with van der Waals surface area (Å²) in [6.07, 6.45) is 13.1. The second-order valence-electron chi connectivity index (χ2n) is 22.7. The van der Waals surface area contributed by atoms with Crippen LogP contribution in [0.15, 0.2) is 72.8 Å². The van der Waals surface area contributed by atoms with Gasteiger partial charge in [-0.3, -0.25) is 14.4 Å². The van der Waals surface area contributed by atoms with Crippen LogP contribution < -0.4 is 10.6 Å². The number of amides is 4. The van der Waals surface area contributed by atoms with E-state index in [-0.39, 0.29) is 47.8 Å². The standard InChI is InChI=1S/C60H74N8O5.C2H6O/c1-8-38-21-18-37(28-45(38)41-24-26-47-49(30-41)65-56(62-47)52-31-42-13-9-11-15-50(42)67(52)58(70)54(34(2)3)61-33-69)19-22-39-20-17-36(6)27-44(39)40-23-25-46-48(29-40)64-57(63-46)53-32-43-14-10-12-16-51(43)68(53)59(71)55(35(4)5)66-60(72)73-7;1-3-2/h17-18,20-21,23-30,33-35,42-43,50-55H,8-16,19,22,31-32H2,1-7H3,(H,61,69)(H,62,65)(H,63,64)(H,66,72);1-2H3. The van der Waals surface area contributed by atoms with E-state index in [2.05, 4.69) is 117 Å². The minimum Gasteiger partial charge on any atom is -0.453 e. The van der Waals surface area contributed by atoms with Crippen molar-refractivity contribution in [3.8, 4) is 22.3 Å². The lowest BCUT2D eigenvalue weighted by atomic mass is 9.84. The number of hydrogen-bond acceptors (Lipinski definition) is 8. The second kappa shape index (κ2) is 23.8. The minimum absolute atomic E-state index is 0.00906. The monoisotopic (exact) mass is 1030 g/mol. The maximum atomic E-state index is 14.5. The summed E-state index contributed by atoms with van der Waals surface area (Å²) in [7, 11) is 4.58. The largest absolute Gasteiger partial charge is 0.453 e. The van der Waals surface area contributed by atoms with Gasteiger partial charge in [0, 0.05) is 26.3 Å². The highest BCUT2D eigenvalue weighted by atomic mass is 16.5. The van der Waals surface area contributed by atoms with Crippen LogP contribution in [-0.2, 0) is 43.1 Å². The van der Waals surface area contributed by atoms with E-state index in [1.54, 1.807) is 14.2 Å². The number of nitrogens with zero attached hydrogens (tertiary/aromatic N) is 4. The number of aromatic amines is 2. The van der Waals surface area contributed by atoms with Crippen molar-refractivity contribution in [1.29, 1.82) is 0 Å². The molecule has 4 fully saturated rings. The van der Waals surface area contributed by atoms with Crippen molar-refractivity contribution < 1.29 is 28.7 Å². The van der Waals surface area contributed by atoms with Gasteiger partial charge in [0.1, 0.15) is 23.7 Å². The van der Waals surface area contributed by atoms with Gasteiger partial charge in [-0.15, -0.1) is 0 Å². The Morgan fingerprint density at radius 2 is 1.18 bits per heavy atom. The number of alkyl carbamates (subject to hydrolysis) is 1. The molecule has 0 bridgehead atoms. The number of fused-ring (bicyclic) bond motifs is 4. The van der Waals surface area contributed by atoms with E-state index in [0.29, 0.717) is 18.2 Å². The van der Waals surface area contributed by atoms with Crippen LogP contribution in [0.2, 0.25) is 0 Å². The zero-order chi connectivity index (χ0) is 53.8. The van der Waals surface area contributed by atoms with Crippen molar-refractivity contribution in [3.05, 3.63) is 107 Å². The molecular weight excluding hydrogens is 953 g/mol. The van der Waals surface area contributed by atoms with E-state index in [4.69, 9.17) is 14.7 Å². The van der Waals surface area contributed by atoms with E-state index in [0.717, 1.165) is 122 Å². The fraction of sp³-hybridized carbons (Fsp3) is 0.516. The Kier molecular flexibility index (Phi) is 17.0. The molecule has 0 radical (unpaired) electrons. The number of nitrogens with one attached hydrogen (secondary N) is 4. The molecule has 2 aromatic heterocycles. The predicted molar refractivity (Wildman–Crippen MR) is 299 cm³/mol. The molecule has 8 unspecified atom stereocenters. The van der Waals surface area contributed by atoms with Gasteiger partial charge in [-0.25, -0.2) is 14.8 Å². The first kappa shape index (κ1) is 54.3. The number of methoxy groups -OCH3 is 2. The van der Waals surface area contributed by atoms with Gasteiger partial charge >= 0.3 is 6.09 Å². The Bertz CT molecular complexity index is 3030. The number of aromatic nitrogens is 4. The number of rotatable bonds is 15. The van der Waals surface area contributed by atoms with Crippen molar-refractivity contribution in [1.82, 2.24) is 40.4 Å². The Morgan fingerprint density at radius 1 is 0.671 bits per heavy atom. The molecule has 2 aliphatic carbocycles. The Hall–Kier alpha value is -6.54. The molecule has 2 saturated heterocycles. The second-order valence-corrected chi connectivity index (χ2v) is 22.7. The van der Waals surface area contributed by atoms with Gasteiger partial charge < -0.3 is 39.9 Å². The molecule has 4 aliphatic rings. The number of ether oxygens (including phenoxy) is 2. The van der Waals surface area contributed by atoms with Gasteiger partial charge in [0.2, 0.25) is 18.2 Å². The Balaban J connectivity index is 0.00000230. The number of carbonyl (C=O) groups is 4. The molecule has 4 N–H and O–H groups in total. The predicted octanol–water partition coefficient (Wildman–Crippen LogP) is 11.5. The summed E-state index contributed by atoms with van der Waals surface area (Å²) in [5.41, 5.74) is 13.3. The van der Waals surface area contributed by atoms with Crippen molar-refractivity contribution in [2.24, 2.45) is 23.7 Å². The van der Waals surface area contributed by atoms with Crippen LogP contribution in [-0.4, -0.2) is 99.6 Å². The van der Waals surface area contributed by atoms with Crippen LogP contribution in [0.5, 0.6) is 0 Å². The number of likely N-dealkylation sites (tertiary alicyclic amines) is 2. The van der Waals surface area contributed by atoms with Crippen LogP contribution in [0.1, 0.15) is 145 Å². The molecule has 14 heteroatoms. The van der Waals surface area contributed by atoms with Gasteiger partial charge in [-0.1, -0.05) is 114 Å². The van der Waals surface area contributed by atoms with Crippen LogP contribution >= 0.6 is 0 Å². The highest BCUT2D eigenvalue weighted by Crippen LogP contribution is 2.48. The fourth-order valence-corrected chi connectivity index (χ4v) is 13.2. The lowest BCUT2D eigenvalue weighted by Crippen LogP contribution is -2.53. The van der Waals surface area contributed by atoms with Gasteiger partial charge in [0.25, 0.3) is 0 Å². The molecule has 10 rings (SSSR count). The summed E-state index contributed by atoms with van der Waals surface area (Å²) in [6, 6.07) is 25.3. The average Bonchev–Trinajstić information content (AvgIpc) is 4.24. The summed E-state index contributed by atoms with van der Waals surface area (Å²) in [5, 5.41) is 5.67. The highest BCUT2D eigenvalue weighted by Gasteiger charge is 2.50. The number of H-pyrrole nitrogens is 2. The molecule has 0 spiro atoms. The topological polar surface area (TPSA) is 175 Å². The Morgan fingerprint density at radius 3 is 1.70 bits per heavy atom. The van der Waals surface area contributed by atoms with Crippen LogP contribution in [0.4, 0.5) is 4.79 Å². The molecule has 2 saturated carbocycles. The molecule has 4 aromatic carbocycles. The summed E-state index contributed by atoms with van der Waals surface area (Å²) in [6.45, 7) is 12.3. The number of hydrogen-bond donors (Lipinski definition) is 4. The molecule has 2 aliphatic heterocycles. The summed E-state index contributed by atoms with van der Waals surface area (Å²) in [4.78, 5) is 74.6. The number of benzene rings is 4. The van der Waals surface area contributed by atoms with Crippen molar-refractivity contribution in [3.63, 3.8) is 0 Å². The first-order chi connectivity index (χ1) is 36.7. The lowest BCUT2D eigenvalue weighted by molar-refractivity contribution is -0.140. The van der Waals surface area contributed by atoms with E-state index in [9.17, 15) is 19.2 Å². The third-order valence-corrected chi connectivity index (χ3v) is 17.0. The van der Waals surface area contributed by atoms with Crippen LogP contribution in [0, 0.1) is 30.6 Å². The van der Waals surface area contributed by atoms with Crippen molar-refractivity contribution in [2.75, 3.05) is 21.3 Å². The molecule has 6 aromatic rings. The molecule has 14 nitrogen and oxygen atoms in total. The normalized spacial score (nSPS) is 22.0. The van der Waals surface area contributed by atoms with E-state index >= 15 is 0 Å². The smallest absolute Gasteiger partial charge is 0.407 e. The van der Waals surface area contributed by atoms with Gasteiger partial charge in [0.05, 0.1) is 41.3 Å². The number of carbonyl (C=O) groups excluding carboxylic acids is 4. The summed E-state index contributed by atoms with van der Waals surface area (Å²) >= 11 is 0. The average molecular weight is 1030 g/mol. The maximum absolute atomic E-state index is 14.5. The van der Waals surface area contributed by atoms with E-state index in [1.165, 1.54) is 46.9 Å². The van der Waals surface area contributed by atoms with Crippen LogP contribution in [0.3, 0.4) is 0 Å². The Labute approximate surface area is 448 Å².